The van der Waals surface area contributed by atoms with E-state index in [4.69, 9.17) is 4.43 Å². The van der Waals surface area contributed by atoms with Gasteiger partial charge in [0, 0.05) is 6.10 Å². The molecule has 2 heteroatoms. The molecule has 0 bridgehead atoms. The van der Waals surface area contributed by atoms with E-state index in [9.17, 15) is 0 Å². The molecule has 0 spiro atoms. The van der Waals surface area contributed by atoms with Crippen LogP contribution >= 0.6 is 0 Å². The third-order valence-corrected chi connectivity index (χ3v) is 10.5. The van der Waals surface area contributed by atoms with Gasteiger partial charge >= 0.3 is 0 Å². The molecule has 0 amide bonds. The van der Waals surface area contributed by atoms with E-state index in [1.165, 1.54) is 83.5 Å². The van der Waals surface area contributed by atoms with Gasteiger partial charge in [-0.25, -0.2) is 0 Å². The Labute approximate surface area is 167 Å². The lowest BCUT2D eigenvalue weighted by atomic mass is 10.1. The van der Waals surface area contributed by atoms with Crippen molar-refractivity contribution < 1.29 is 4.43 Å². The standard InChI is InChI=1S/C24H50OSi/c1-8-10-12-13-14-15-16-17-18-20-22-23(21-19-11-9-2)25-26(6,7)24(3,4)5/h17-18,23H,8-16,19-22H2,1-7H3/b18-17-. The van der Waals surface area contributed by atoms with Gasteiger partial charge in [-0.1, -0.05) is 98.1 Å². The number of allylic oxidation sites excluding steroid dienone is 2. The number of hydrogen-bond acceptors (Lipinski definition) is 1. The lowest BCUT2D eigenvalue weighted by Gasteiger charge is -2.39. The fourth-order valence-corrected chi connectivity index (χ4v) is 4.46. The minimum Gasteiger partial charge on any atom is -0.414 e. The van der Waals surface area contributed by atoms with Gasteiger partial charge in [0.25, 0.3) is 0 Å². The fourth-order valence-electron chi connectivity index (χ4n) is 3.04. The average molecular weight is 383 g/mol. The van der Waals surface area contributed by atoms with E-state index in [1.807, 2.05) is 0 Å². The molecule has 0 saturated heterocycles. The zero-order chi connectivity index (χ0) is 19.9. The third-order valence-electron chi connectivity index (χ3n) is 5.94. The van der Waals surface area contributed by atoms with E-state index in [1.54, 1.807) is 0 Å². The van der Waals surface area contributed by atoms with Gasteiger partial charge in [-0.2, -0.15) is 0 Å². The van der Waals surface area contributed by atoms with Crippen LogP contribution in [0.15, 0.2) is 12.2 Å². The Morgan fingerprint density at radius 1 is 0.731 bits per heavy atom. The van der Waals surface area contributed by atoms with Gasteiger partial charge in [0.05, 0.1) is 0 Å². The van der Waals surface area contributed by atoms with Crippen molar-refractivity contribution in [2.24, 2.45) is 0 Å². The predicted octanol–water partition coefficient (Wildman–Crippen LogP) is 9.04. The van der Waals surface area contributed by atoms with E-state index in [2.05, 4.69) is 59.9 Å². The number of unbranched alkanes of at least 4 members (excludes halogenated alkanes) is 8. The molecule has 0 radical (unpaired) electrons. The molecule has 0 rings (SSSR count). The zero-order valence-corrected chi connectivity index (χ0v) is 20.3. The van der Waals surface area contributed by atoms with Gasteiger partial charge in [-0.3, -0.25) is 0 Å². The summed E-state index contributed by atoms with van der Waals surface area (Å²) in [6.45, 7) is 16.4. The Bertz CT molecular complexity index is 341. The van der Waals surface area contributed by atoms with E-state index in [0.717, 1.165) is 0 Å². The Hall–Kier alpha value is -0.0831. The first-order valence-electron chi connectivity index (χ1n) is 11.6. The molecule has 0 aromatic heterocycles. The van der Waals surface area contributed by atoms with Crippen molar-refractivity contribution in [2.45, 2.75) is 142 Å². The van der Waals surface area contributed by atoms with Crippen molar-refractivity contribution in [1.29, 1.82) is 0 Å². The van der Waals surface area contributed by atoms with Crippen LogP contribution in [0.5, 0.6) is 0 Å². The first kappa shape index (κ1) is 25.9. The molecule has 0 aromatic rings. The molecule has 0 aromatic carbocycles. The van der Waals surface area contributed by atoms with Crippen LogP contribution in [-0.2, 0) is 4.43 Å². The number of hydrogen-bond donors (Lipinski definition) is 0. The summed E-state index contributed by atoms with van der Waals surface area (Å²) in [6.07, 6.45) is 22.5. The van der Waals surface area contributed by atoms with Crippen LogP contribution in [0, 0.1) is 0 Å². The van der Waals surface area contributed by atoms with Crippen LogP contribution in [0.25, 0.3) is 0 Å². The molecule has 156 valence electrons. The summed E-state index contributed by atoms with van der Waals surface area (Å²) >= 11 is 0. The van der Waals surface area contributed by atoms with Crippen molar-refractivity contribution in [2.75, 3.05) is 0 Å². The average Bonchev–Trinajstić information content (AvgIpc) is 2.55. The minimum atomic E-state index is -1.65. The van der Waals surface area contributed by atoms with Crippen LogP contribution in [0.3, 0.4) is 0 Å². The van der Waals surface area contributed by atoms with Crippen LogP contribution in [0.4, 0.5) is 0 Å². The molecule has 0 fully saturated rings. The Kier molecular flexibility index (Phi) is 14.9. The lowest BCUT2D eigenvalue weighted by Crippen LogP contribution is -2.43. The van der Waals surface area contributed by atoms with E-state index >= 15 is 0 Å². The molecule has 0 saturated carbocycles. The molecule has 1 unspecified atom stereocenters. The Balaban J connectivity index is 4.16. The summed E-state index contributed by atoms with van der Waals surface area (Å²) in [6, 6.07) is 0. The molecular formula is C24H50OSi. The SMILES string of the molecule is CCCCCCCC/C=C\CCC(CCCCC)O[Si](C)(C)C(C)(C)C. The molecule has 1 nitrogen and oxygen atoms in total. The summed E-state index contributed by atoms with van der Waals surface area (Å²) < 4.78 is 6.74. The summed E-state index contributed by atoms with van der Waals surface area (Å²) in [7, 11) is -1.65. The largest absolute Gasteiger partial charge is 0.414 e. The second-order valence-corrected chi connectivity index (χ2v) is 14.4. The highest BCUT2D eigenvalue weighted by Gasteiger charge is 2.38. The fraction of sp³-hybridized carbons (Fsp3) is 0.917. The third kappa shape index (κ3) is 13.1. The van der Waals surface area contributed by atoms with Crippen molar-refractivity contribution in [3.05, 3.63) is 12.2 Å². The maximum atomic E-state index is 6.74. The molecular weight excluding hydrogens is 332 g/mol. The maximum absolute atomic E-state index is 6.74. The van der Waals surface area contributed by atoms with Crippen molar-refractivity contribution in [1.82, 2.24) is 0 Å². The Morgan fingerprint density at radius 2 is 1.27 bits per heavy atom. The van der Waals surface area contributed by atoms with Crippen molar-refractivity contribution >= 4 is 8.32 Å². The lowest BCUT2D eigenvalue weighted by molar-refractivity contribution is 0.159. The normalized spacial score (nSPS) is 14.3. The summed E-state index contributed by atoms with van der Waals surface area (Å²) in [4.78, 5) is 0. The molecule has 0 N–H and O–H groups in total. The zero-order valence-electron chi connectivity index (χ0n) is 19.3. The highest BCUT2D eigenvalue weighted by atomic mass is 28.4. The summed E-state index contributed by atoms with van der Waals surface area (Å²) in [5.74, 6) is 0. The molecule has 0 aliphatic heterocycles. The first-order chi connectivity index (χ1) is 12.2. The van der Waals surface area contributed by atoms with Crippen molar-refractivity contribution in [3.8, 4) is 0 Å². The van der Waals surface area contributed by atoms with E-state index in [-0.39, 0.29) is 0 Å². The van der Waals surface area contributed by atoms with Crippen LogP contribution in [0.1, 0.15) is 118 Å². The van der Waals surface area contributed by atoms with Crippen LogP contribution in [0.2, 0.25) is 18.1 Å². The van der Waals surface area contributed by atoms with Crippen LogP contribution in [-0.4, -0.2) is 14.4 Å². The van der Waals surface area contributed by atoms with Gasteiger partial charge in [0.2, 0.25) is 0 Å². The smallest absolute Gasteiger partial charge is 0.192 e. The quantitative estimate of drug-likeness (QED) is 0.147. The minimum absolute atomic E-state index is 0.309. The topological polar surface area (TPSA) is 9.23 Å². The monoisotopic (exact) mass is 382 g/mol. The predicted molar refractivity (Wildman–Crippen MR) is 123 cm³/mol. The summed E-state index contributed by atoms with van der Waals surface area (Å²) in [5, 5.41) is 0.309. The van der Waals surface area contributed by atoms with Crippen LogP contribution < -0.4 is 0 Å². The number of rotatable bonds is 16. The Morgan fingerprint density at radius 3 is 1.88 bits per heavy atom. The van der Waals surface area contributed by atoms with E-state index < -0.39 is 8.32 Å². The maximum Gasteiger partial charge on any atom is 0.192 e. The molecule has 0 heterocycles. The van der Waals surface area contributed by atoms with Gasteiger partial charge < -0.3 is 4.43 Å². The van der Waals surface area contributed by atoms with E-state index in [0.29, 0.717) is 11.1 Å². The highest BCUT2D eigenvalue weighted by Crippen LogP contribution is 2.38. The van der Waals surface area contributed by atoms with Gasteiger partial charge in [0.15, 0.2) is 8.32 Å². The highest BCUT2D eigenvalue weighted by molar-refractivity contribution is 6.74. The van der Waals surface area contributed by atoms with Gasteiger partial charge in [-0.05, 0) is 50.2 Å². The summed E-state index contributed by atoms with van der Waals surface area (Å²) in [5.41, 5.74) is 0. The second kappa shape index (κ2) is 14.9. The van der Waals surface area contributed by atoms with Crippen molar-refractivity contribution in [3.63, 3.8) is 0 Å². The first-order valence-corrected chi connectivity index (χ1v) is 14.5. The molecule has 26 heavy (non-hydrogen) atoms. The molecule has 1 atom stereocenters. The molecule has 0 aliphatic carbocycles. The second-order valence-electron chi connectivity index (χ2n) is 9.60. The van der Waals surface area contributed by atoms with Gasteiger partial charge in [0.1, 0.15) is 0 Å². The van der Waals surface area contributed by atoms with Gasteiger partial charge in [-0.15, -0.1) is 0 Å². The molecule has 0 aliphatic rings.